The highest BCUT2D eigenvalue weighted by atomic mass is 127. The number of halogens is 2. The monoisotopic (exact) mass is 632 g/mol. The minimum absolute atomic E-state index is 0.173. The second-order valence-electron chi connectivity index (χ2n) is 7.58. The molecule has 1 saturated carbocycles. The molecule has 0 bridgehead atoms. The normalized spacial score (nSPS) is 18.3. The smallest absolute Gasteiger partial charge is 0.319 e. The van der Waals surface area contributed by atoms with Crippen LogP contribution in [0.15, 0.2) is 48.5 Å². The summed E-state index contributed by atoms with van der Waals surface area (Å²) in [5, 5.41) is 11.7. The molecule has 1 aliphatic carbocycles. The molecule has 6 nitrogen and oxygen atoms in total. The van der Waals surface area contributed by atoms with Crippen LogP contribution in [0.4, 0.5) is 21.0 Å². The number of anilines is 2. The SMILES string of the molecule is O=C(NCC1CCCC(CNC(=O)Nc2ccc(I)cc2)C1)Nc1ccc(I)cc1. The number of benzene rings is 2. The van der Waals surface area contributed by atoms with Crippen molar-refractivity contribution in [2.45, 2.75) is 25.7 Å². The second-order valence-corrected chi connectivity index (χ2v) is 10.1. The Morgan fingerprint density at radius 1 is 0.733 bits per heavy atom. The molecule has 2 atom stereocenters. The molecule has 8 heteroatoms. The van der Waals surface area contributed by atoms with E-state index in [2.05, 4.69) is 66.4 Å². The van der Waals surface area contributed by atoms with Crippen LogP contribution < -0.4 is 21.3 Å². The van der Waals surface area contributed by atoms with Gasteiger partial charge in [0.15, 0.2) is 0 Å². The molecular formula is C22H26I2N4O2. The van der Waals surface area contributed by atoms with Gasteiger partial charge in [-0.05, 0) is 125 Å². The van der Waals surface area contributed by atoms with Crippen LogP contribution >= 0.6 is 45.2 Å². The highest BCUT2D eigenvalue weighted by Gasteiger charge is 2.22. The predicted octanol–water partition coefficient (Wildman–Crippen LogP) is 5.65. The van der Waals surface area contributed by atoms with Crippen molar-refractivity contribution in [3.63, 3.8) is 0 Å². The highest BCUT2D eigenvalue weighted by Crippen LogP contribution is 2.28. The Bertz CT molecular complexity index is 774. The predicted molar refractivity (Wildman–Crippen MR) is 138 cm³/mol. The lowest BCUT2D eigenvalue weighted by molar-refractivity contribution is 0.230. The third kappa shape index (κ3) is 7.93. The van der Waals surface area contributed by atoms with Gasteiger partial charge in [0, 0.05) is 31.6 Å². The summed E-state index contributed by atoms with van der Waals surface area (Å²) in [7, 11) is 0. The van der Waals surface area contributed by atoms with Crippen molar-refractivity contribution in [2.24, 2.45) is 11.8 Å². The van der Waals surface area contributed by atoms with E-state index in [0.717, 1.165) is 44.2 Å². The van der Waals surface area contributed by atoms with Crippen LogP contribution in [0, 0.1) is 19.0 Å². The molecule has 0 aliphatic heterocycles. The van der Waals surface area contributed by atoms with Gasteiger partial charge in [0.1, 0.15) is 0 Å². The lowest BCUT2D eigenvalue weighted by atomic mass is 9.81. The average molecular weight is 632 g/mol. The largest absolute Gasteiger partial charge is 0.338 e. The van der Waals surface area contributed by atoms with Gasteiger partial charge in [-0.25, -0.2) is 9.59 Å². The molecule has 160 valence electrons. The number of urea groups is 2. The summed E-state index contributed by atoms with van der Waals surface area (Å²) >= 11 is 4.47. The number of nitrogens with one attached hydrogen (secondary N) is 4. The first-order chi connectivity index (χ1) is 14.5. The van der Waals surface area contributed by atoms with Crippen LogP contribution in [-0.2, 0) is 0 Å². The fourth-order valence-electron chi connectivity index (χ4n) is 3.66. The summed E-state index contributed by atoms with van der Waals surface area (Å²) in [4.78, 5) is 24.3. The molecule has 0 aromatic heterocycles. The molecule has 0 radical (unpaired) electrons. The first-order valence-electron chi connectivity index (χ1n) is 10.1. The van der Waals surface area contributed by atoms with Crippen molar-refractivity contribution < 1.29 is 9.59 Å². The van der Waals surface area contributed by atoms with Crippen molar-refractivity contribution in [3.05, 3.63) is 55.7 Å². The summed E-state index contributed by atoms with van der Waals surface area (Å²) in [6, 6.07) is 15.1. The average Bonchev–Trinajstić information content (AvgIpc) is 2.74. The van der Waals surface area contributed by atoms with Gasteiger partial charge in [-0.2, -0.15) is 0 Å². The van der Waals surface area contributed by atoms with Crippen LogP contribution in [0.2, 0.25) is 0 Å². The molecule has 2 unspecified atom stereocenters. The summed E-state index contributed by atoms with van der Waals surface area (Å²) in [6.45, 7) is 1.31. The maximum atomic E-state index is 12.1. The fraction of sp³-hybridized carbons (Fsp3) is 0.364. The fourth-order valence-corrected chi connectivity index (χ4v) is 4.38. The number of rotatable bonds is 6. The standard InChI is InChI=1S/C22H26I2N4O2/c23-17-4-8-19(9-5-17)27-21(29)25-13-15-2-1-3-16(12-15)14-26-22(30)28-20-10-6-18(24)7-11-20/h4-11,15-16H,1-3,12-14H2,(H2,25,27,29)(H2,26,28,30). The van der Waals surface area contributed by atoms with E-state index in [1.807, 2.05) is 48.5 Å². The molecule has 4 N–H and O–H groups in total. The van der Waals surface area contributed by atoms with Crippen LogP contribution in [-0.4, -0.2) is 25.2 Å². The summed E-state index contributed by atoms with van der Waals surface area (Å²) in [6.07, 6.45) is 4.34. The van der Waals surface area contributed by atoms with Gasteiger partial charge < -0.3 is 21.3 Å². The molecule has 4 amide bonds. The third-order valence-corrected chi connectivity index (χ3v) is 6.64. The van der Waals surface area contributed by atoms with E-state index in [9.17, 15) is 9.59 Å². The Morgan fingerprint density at radius 3 is 1.53 bits per heavy atom. The Labute approximate surface area is 204 Å². The Morgan fingerprint density at radius 2 is 1.13 bits per heavy atom. The van der Waals surface area contributed by atoms with Crippen molar-refractivity contribution in [1.29, 1.82) is 0 Å². The van der Waals surface area contributed by atoms with Crippen molar-refractivity contribution >= 4 is 68.6 Å². The number of carbonyl (C=O) groups is 2. The molecule has 3 rings (SSSR count). The van der Waals surface area contributed by atoms with Gasteiger partial charge in [-0.15, -0.1) is 0 Å². The molecule has 30 heavy (non-hydrogen) atoms. The van der Waals surface area contributed by atoms with Gasteiger partial charge in [0.25, 0.3) is 0 Å². The van der Waals surface area contributed by atoms with Gasteiger partial charge in [-0.1, -0.05) is 6.42 Å². The number of carbonyl (C=O) groups excluding carboxylic acids is 2. The van der Waals surface area contributed by atoms with Gasteiger partial charge >= 0.3 is 12.1 Å². The molecule has 2 aromatic carbocycles. The Hall–Kier alpha value is -1.56. The van der Waals surface area contributed by atoms with Crippen molar-refractivity contribution in [1.82, 2.24) is 10.6 Å². The third-order valence-electron chi connectivity index (χ3n) is 5.20. The van der Waals surface area contributed by atoms with E-state index in [1.165, 1.54) is 0 Å². The zero-order valence-electron chi connectivity index (χ0n) is 16.6. The maximum Gasteiger partial charge on any atom is 0.319 e. The molecule has 2 aromatic rings. The minimum atomic E-state index is -0.173. The summed E-state index contributed by atoms with van der Waals surface area (Å²) in [5.74, 6) is 0.875. The topological polar surface area (TPSA) is 82.3 Å². The van der Waals surface area contributed by atoms with Crippen LogP contribution in [0.3, 0.4) is 0 Å². The quantitative estimate of drug-likeness (QED) is 0.311. The number of hydrogen-bond acceptors (Lipinski definition) is 2. The van der Waals surface area contributed by atoms with Crippen molar-refractivity contribution in [2.75, 3.05) is 23.7 Å². The van der Waals surface area contributed by atoms with E-state index in [0.29, 0.717) is 24.9 Å². The van der Waals surface area contributed by atoms with E-state index >= 15 is 0 Å². The highest BCUT2D eigenvalue weighted by molar-refractivity contribution is 14.1. The number of amides is 4. The van der Waals surface area contributed by atoms with E-state index in [-0.39, 0.29) is 12.1 Å². The zero-order valence-corrected chi connectivity index (χ0v) is 20.9. The lowest BCUT2D eigenvalue weighted by Gasteiger charge is -2.29. The molecular weight excluding hydrogens is 606 g/mol. The van der Waals surface area contributed by atoms with Gasteiger partial charge in [0.05, 0.1) is 0 Å². The molecule has 1 aliphatic rings. The van der Waals surface area contributed by atoms with Crippen LogP contribution in [0.25, 0.3) is 0 Å². The second kappa shape index (κ2) is 11.7. The van der Waals surface area contributed by atoms with E-state index in [4.69, 9.17) is 0 Å². The molecule has 0 heterocycles. The molecule has 1 fully saturated rings. The zero-order chi connectivity index (χ0) is 21.3. The first kappa shape index (κ1) is 23.1. The maximum absolute atomic E-state index is 12.1. The molecule has 0 saturated heterocycles. The minimum Gasteiger partial charge on any atom is -0.338 e. The Kier molecular flexibility index (Phi) is 9.04. The summed E-state index contributed by atoms with van der Waals surface area (Å²) in [5.41, 5.74) is 1.58. The van der Waals surface area contributed by atoms with Gasteiger partial charge in [0.2, 0.25) is 0 Å². The number of hydrogen-bond donors (Lipinski definition) is 4. The van der Waals surface area contributed by atoms with E-state index < -0.39 is 0 Å². The summed E-state index contributed by atoms with van der Waals surface area (Å²) < 4.78 is 2.26. The molecule has 0 spiro atoms. The first-order valence-corrected chi connectivity index (χ1v) is 12.2. The van der Waals surface area contributed by atoms with Crippen LogP contribution in [0.5, 0.6) is 0 Å². The lowest BCUT2D eigenvalue weighted by Crippen LogP contribution is -2.38. The van der Waals surface area contributed by atoms with Crippen LogP contribution in [0.1, 0.15) is 25.7 Å². The Balaban J connectivity index is 1.36. The van der Waals surface area contributed by atoms with E-state index in [1.54, 1.807) is 0 Å². The van der Waals surface area contributed by atoms with Crippen molar-refractivity contribution in [3.8, 4) is 0 Å². The van der Waals surface area contributed by atoms with Gasteiger partial charge in [-0.3, -0.25) is 0 Å².